The molecular formula is C38H58N6O6. The number of rotatable bonds is 23. The highest BCUT2D eigenvalue weighted by Gasteiger charge is 2.30. The number of nitrogens with one attached hydrogen (secondary N) is 4. The van der Waals surface area contributed by atoms with E-state index < -0.39 is 53.8 Å². The average Bonchev–Trinajstić information content (AvgIpc) is 3.09. The molecule has 2 aromatic carbocycles. The van der Waals surface area contributed by atoms with Crippen molar-refractivity contribution in [2.75, 3.05) is 13.1 Å². The third-order valence-corrected chi connectivity index (χ3v) is 8.48. The highest BCUT2D eigenvalue weighted by Crippen LogP contribution is 2.21. The van der Waals surface area contributed by atoms with E-state index in [1.54, 1.807) is 12.1 Å². The minimum atomic E-state index is -1.16. The van der Waals surface area contributed by atoms with Crippen LogP contribution in [0.1, 0.15) is 101 Å². The highest BCUT2D eigenvalue weighted by molar-refractivity contribution is 5.99. The number of carbonyl (C=O) groups excluding carboxylic acids is 4. The topological polar surface area (TPSA) is 206 Å². The van der Waals surface area contributed by atoms with Crippen molar-refractivity contribution in [1.29, 1.82) is 0 Å². The summed E-state index contributed by atoms with van der Waals surface area (Å²) in [6.07, 6.45) is 6.47. The van der Waals surface area contributed by atoms with Crippen molar-refractivity contribution in [2.45, 2.75) is 116 Å². The van der Waals surface area contributed by atoms with Gasteiger partial charge in [0.2, 0.25) is 17.7 Å². The van der Waals surface area contributed by atoms with Crippen LogP contribution in [0.25, 0.3) is 11.1 Å². The fourth-order valence-electron chi connectivity index (χ4n) is 5.47. The quantitative estimate of drug-likeness (QED) is 0.0853. The molecule has 2 rings (SSSR count). The van der Waals surface area contributed by atoms with Gasteiger partial charge in [0.15, 0.2) is 0 Å². The first kappa shape index (κ1) is 41.9. The molecule has 0 aromatic heterocycles. The first-order valence-corrected chi connectivity index (χ1v) is 17.9. The zero-order valence-corrected chi connectivity index (χ0v) is 30.1. The normalized spacial score (nSPS) is 13.5. The standard InChI is InChI=1S/C38H58N6O6/c1-5-6-11-27-14-16-28(17-15-27)29-18-20-30(21-19-29)35(46)42-32(13-8-10-23-40)37(48)43-31(12-7-9-22-39)36(47)41-26(4)34(45)44-33(38(49)50)24-25(2)3/h14-21,25-26,31-33H,5-13,22-24,39-40H2,1-4H3,(H,41,47)(H,42,46)(H,43,48)(H,44,45)(H,49,50)/t26-,31-,32-,33-/m0/s1. The van der Waals surface area contributed by atoms with E-state index in [0.29, 0.717) is 50.8 Å². The molecule has 9 N–H and O–H groups in total. The fraction of sp³-hybridized carbons (Fsp3) is 0.553. The van der Waals surface area contributed by atoms with Crippen molar-refractivity contribution < 1.29 is 29.1 Å². The van der Waals surface area contributed by atoms with Gasteiger partial charge in [-0.15, -0.1) is 0 Å². The van der Waals surface area contributed by atoms with Crippen LogP contribution in [0.2, 0.25) is 0 Å². The SMILES string of the molecule is CCCCc1ccc(-c2ccc(C(=O)N[C@@H](CCCCN)C(=O)N[C@@H](CCCCN)C(=O)N[C@@H](C)C(=O)N[C@@H](CC(C)C)C(=O)O)cc2)cc1. The second-order valence-electron chi connectivity index (χ2n) is 13.3. The molecule has 0 aliphatic carbocycles. The summed E-state index contributed by atoms with van der Waals surface area (Å²) >= 11 is 0. The Bertz CT molecular complexity index is 1360. The third kappa shape index (κ3) is 14.7. The Morgan fingerprint density at radius 1 is 0.640 bits per heavy atom. The molecule has 0 heterocycles. The Balaban J connectivity index is 2.15. The lowest BCUT2D eigenvalue weighted by atomic mass is 10.0. The zero-order valence-electron chi connectivity index (χ0n) is 30.1. The summed E-state index contributed by atoms with van der Waals surface area (Å²) in [5.74, 6) is -3.36. The summed E-state index contributed by atoms with van der Waals surface area (Å²) in [7, 11) is 0. The predicted molar refractivity (Wildman–Crippen MR) is 196 cm³/mol. The number of carboxylic acid groups (broad SMARTS) is 1. The maximum atomic E-state index is 13.6. The van der Waals surface area contributed by atoms with Crippen LogP contribution in [0.5, 0.6) is 0 Å². The van der Waals surface area contributed by atoms with Crippen molar-refractivity contribution in [3.05, 3.63) is 59.7 Å². The van der Waals surface area contributed by atoms with Crippen LogP contribution in [0.15, 0.2) is 48.5 Å². The van der Waals surface area contributed by atoms with Gasteiger partial charge in [0.1, 0.15) is 24.2 Å². The fourth-order valence-corrected chi connectivity index (χ4v) is 5.47. The van der Waals surface area contributed by atoms with Crippen molar-refractivity contribution in [2.24, 2.45) is 17.4 Å². The van der Waals surface area contributed by atoms with E-state index >= 15 is 0 Å². The molecule has 50 heavy (non-hydrogen) atoms. The molecule has 0 spiro atoms. The Morgan fingerprint density at radius 3 is 1.64 bits per heavy atom. The molecule has 276 valence electrons. The molecule has 0 saturated carbocycles. The van der Waals surface area contributed by atoms with E-state index in [9.17, 15) is 29.1 Å². The van der Waals surface area contributed by atoms with Gasteiger partial charge in [-0.2, -0.15) is 0 Å². The molecule has 0 aliphatic rings. The number of hydrogen-bond acceptors (Lipinski definition) is 7. The van der Waals surface area contributed by atoms with E-state index in [0.717, 1.165) is 30.4 Å². The number of amides is 4. The lowest BCUT2D eigenvalue weighted by Crippen LogP contribution is -2.57. The number of benzene rings is 2. The molecule has 4 amide bonds. The summed E-state index contributed by atoms with van der Waals surface area (Å²) in [6.45, 7) is 8.13. The second-order valence-corrected chi connectivity index (χ2v) is 13.3. The number of carboxylic acids is 1. The predicted octanol–water partition coefficient (Wildman–Crippen LogP) is 3.66. The number of unbranched alkanes of at least 4 members (excludes halogenated alkanes) is 3. The summed E-state index contributed by atoms with van der Waals surface area (Å²) in [4.78, 5) is 64.8. The summed E-state index contributed by atoms with van der Waals surface area (Å²) < 4.78 is 0. The van der Waals surface area contributed by atoms with Gasteiger partial charge in [0.05, 0.1) is 0 Å². The van der Waals surface area contributed by atoms with Crippen LogP contribution in [-0.2, 0) is 25.6 Å². The zero-order chi connectivity index (χ0) is 37.1. The van der Waals surface area contributed by atoms with E-state index in [-0.39, 0.29) is 18.8 Å². The smallest absolute Gasteiger partial charge is 0.326 e. The summed E-state index contributed by atoms with van der Waals surface area (Å²) in [5, 5.41) is 20.2. The molecule has 12 heteroatoms. The molecule has 0 saturated heterocycles. The van der Waals surface area contributed by atoms with Gasteiger partial charge in [-0.25, -0.2) is 4.79 Å². The Hall–Kier alpha value is -4.29. The maximum Gasteiger partial charge on any atom is 0.326 e. The molecule has 2 aromatic rings. The molecule has 4 atom stereocenters. The molecule has 0 unspecified atom stereocenters. The van der Waals surface area contributed by atoms with Crippen molar-refractivity contribution in [3.8, 4) is 11.1 Å². The number of hydrogen-bond donors (Lipinski definition) is 7. The Kier molecular flexibility index (Phi) is 18.8. The van der Waals surface area contributed by atoms with Crippen molar-refractivity contribution in [1.82, 2.24) is 21.3 Å². The number of nitrogens with two attached hydrogens (primary N) is 2. The van der Waals surface area contributed by atoms with Gasteiger partial charge in [0.25, 0.3) is 5.91 Å². The van der Waals surface area contributed by atoms with Gasteiger partial charge in [-0.3, -0.25) is 19.2 Å². The van der Waals surface area contributed by atoms with E-state index in [4.69, 9.17) is 11.5 Å². The lowest BCUT2D eigenvalue weighted by Gasteiger charge is -2.25. The van der Waals surface area contributed by atoms with Gasteiger partial charge < -0.3 is 37.8 Å². The van der Waals surface area contributed by atoms with Crippen LogP contribution in [0.3, 0.4) is 0 Å². The highest BCUT2D eigenvalue weighted by atomic mass is 16.4. The largest absolute Gasteiger partial charge is 0.480 e. The number of aliphatic carboxylic acids is 1. The lowest BCUT2D eigenvalue weighted by molar-refractivity contribution is -0.142. The van der Waals surface area contributed by atoms with Gasteiger partial charge >= 0.3 is 5.97 Å². The molecule has 0 bridgehead atoms. The number of carbonyl (C=O) groups is 5. The van der Waals surface area contributed by atoms with Gasteiger partial charge in [-0.05, 0) is 113 Å². The third-order valence-electron chi connectivity index (χ3n) is 8.48. The first-order chi connectivity index (χ1) is 23.9. The summed E-state index contributed by atoms with van der Waals surface area (Å²) in [6, 6.07) is 11.5. The van der Waals surface area contributed by atoms with Crippen molar-refractivity contribution in [3.63, 3.8) is 0 Å². The van der Waals surface area contributed by atoms with Crippen LogP contribution in [0.4, 0.5) is 0 Å². The minimum absolute atomic E-state index is 0.0270. The monoisotopic (exact) mass is 694 g/mol. The second kappa shape index (κ2) is 22.4. The summed E-state index contributed by atoms with van der Waals surface area (Å²) in [5.41, 5.74) is 15.0. The Morgan fingerprint density at radius 2 is 1.14 bits per heavy atom. The van der Waals surface area contributed by atoms with Crippen LogP contribution in [0, 0.1) is 5.92 Å². The van der Waals surface area contributed by atoms with Crippen LogP contribution in [-0.4, -0.2) is 72.0 Å². The molecule has 12 nitrogen and oxygen atoms in total. The van der Waals surface area contributed by atoms with E-state index in [2.05, 4.69) is 52.5 Å². The van der Waals surface area contributed by atoms with Crippen LogP contribution >= 0.6 is 0 Å². The Labute approximate surface area is 296 Å². The maximum absolute atomic E-state index is 13.6. The molecule has 0 radical (unpaired) electrons. The molecule has 0 aliphatic heterocycles. The first-order valence-electron chi connectivity index (χ1n) is 17.9. The van der Waals surface area contributed by atoms with Gasteiger partial charge in [-0.1, -0.05) is 63.6 Å². The molecule has 0 fully saturated rings. The average molecular weight is 695 g/mol. The van der Waals surface area contributed by atoms with E-state index in [1.807, 2.05) is 26.0 Å². The van der Waals surface area contributed by atoms with Gasteiger partial charge in [0, 0.05) is 5.56 Å². The molecular weight excluding hydrogens is 636 g/mol. The minimum Gasteiger partial charge on any atom is -0.480 e. The van der Waals surface area contributed by atoms with Crippen LogP contribution < -0.4 is 32.7 Å². The number of aryl methyl sites for hydroxylation is 1. The van der Waals surface area contributed by atoms with Crippen molar-refractivity contribution >= 4 is 29.6 Å². The van der Waals surface area contributed by atoms with E-state index in [1.165, 1.54) is 12.5 Å².